The van der Waals surface area contributed by atoms with Crippen molar-refractivity contribution < 1.29 is 40.9 Å². The number of hydrogen-bond acceptors (Lipinski definition) is 6. The van der Waals surface area contributed by atoms with Crippen LogP contribution in [0.3, 0.4) is 0 Å². The van der Waals surface area contributed by atoms with E-state index in [0.29, 0.717) is 0 Å². The van der Waals surface area contributed by atoms with E-state index in [1.807, 2.05) is 0 Å². The number of unbranched alkanes of at least 4 members (excludes halogenated alkanes) is 20. The van der Waals surface area contributed by atoms with Gasteiger partial charge in [-0.2, -0.15) is 0 Å². The predicted octanol–water partition coefficient (Wildman–Crippen LogP) is 7.09. The average molecular weight is 764 g/mol. The Labute approximate surface area is 269 Å². The quantitative estimate of drug-likeness (QED) is 0.101. The molecule has 0 aliphatic heterocycles. The molecule has 0 spiro atoms. The number of hydrogen-bond donors (Lipinski definition) is 2. The van der Waals surface area contributed by atoms with Gasteiger partial charge in [-0.3, -0.25) is 0 Å². The van der Waals surface area contributed by atoms with Crippen molar-refractivity contribution in [3.05, 3.63) is 0 Å². The Morgan fingerprint density at radius 1 is 0.488 bits per heavy atom. The van der Waals surface area contributed by atoms with Gasteiger partial charge in [-0.15, -0.1) is 0 Å². The summed E-state index contributed by atoms with van der Waals surface area (Å²) < 4.78 is 0. The van der Waals surface area contributed by atoms with Crippen LogP contribution in [-0.2, 0) is 30.7 Å². The van der Waals surface area contributed by atoms with Gasteiger partial charge in [-0.05, 0) is 38.5 Å². The molecule has 1 aliphatic carbocycles. The van der Waals surface area contributed by atoms with Gasteiger partial charge in [0.05, 0.1) is 0 Å². The molecule has 7 heteroatoms. The Hall–Kier alpha value is -0.452. The summed E-state index contributed by atoms with van der Waals surface area (Å²) in [6.07, 6.45) is 32.9. The fraction of sp³-hybridized carbons (Fsp3) is 0.941. The summed E-state index contributed by atoms with van der Waals surface area (Å²) in [6.45, 7) is 4.49. The van der Waals surface area contributed by atoms with Gasteiger partial charge >= 0.3 is 21.1 Å². The van der Waals surface area contributed by atoms with Gasteiger partial charge in [-0.1, -0.05) is 155 Å². The van der Waals surface area contributed by atoms with Crippen LogP contribution in [0.5, 0.6) is 0 Å². The molecule has 6 nitrogen and oxygen atoms in total. The Morgan fingerprint density at radius 3 is 0.902 bits per heavy atom. The van der Waals surface area contributed by atoms with Crippen molar-refractivity contribution in [2.75, 3.05) is 0 Å². The van der Waals surface area contributed by atoms with E-state index in [-0.39, 0.29) is 46.0 Å². The van der Waals surface area contributed by atoms with Crippen LogP contribution in [0.4, 0.5) is 0 Å². The number of carboxylic acid groups (broad SMARTS) is 2. The summed E-state index contributed by atoms with van der Waals surface area (Å²) in [4.78, 5) is 20.3. The Kier molecular flexibility index (Phi) is 41.2. The van der Waals surface area contributed by atoms with Crippen LogP contribution in [0.2, 0.25) is 0 Å². The van der Waals surface area contributed by atoms with Crippen molar-refractivity contribution >= 4 is 11.9 Å². The molecule has 2 atom stereocenters. The van der Waals surface area contributed by atoms with Crippen molar-refractivity contribution in [3.63, 3.8) is 0 Å². The van der Waals surface area contributed by atoms with E-state index in [2.05, 4.69) is 13.8 Å². The third kappa shape index (κ3) is 41.7. The van der Waals surface area contributed by atoms with Gasteiger partial charge in [0, 0.05) is 24.0 Å². The van der Waals surface area contributed by atoms with Crippen molar-refractivity contribution in [3.8, 4) is 0 Å². The molecule has 0 aromatic rings. The Morgan fingerprint density at radius 2 is 0.707 bits per heavy atom. The first-order chi connectivity index (χ1) is 19.3. The van der Waals surface area contributed by atoms with Crippen LogP contribution in [0.15, 0.2) is 0 Å². The van der Waals surface area contributed by atoms with Gasteiger partial charge in [-0.25, -0.2) is 0 Å². The number of carbonyl (C=O) groups is 2. The first-order valence-corrected chi connectivity index (χ1v) is 17.3. The zero-order chi connectivity index (χ0) is 30.1. The molecule has 248 valence electrons. The van der Waals surface area contributed by atoms with E-state index in [9.17, 15) is 19.8 Å². The second kappa shape index (κ2) is 37.6. The molecule has 0 unspecified atom stereocenters. The molecular formula is C34H68N2O4Pt. The molecule has 0 aromatic carbocycles. The van der Waals surface area contributed by atoms with Crippen LogP contribution in [0, 0.1) is 0 Å². The topological polar surface area (TPSA) is 132 Å². The molecule has 1 saturated carbocycles. The standard InChI is InChI=1S/2C14H28O2.C6H14N2.Pt/c2*1-2-3-4-5-6-7-8-9-10-11-12-13-14(15)16;7-5-3-1-2-4-6(5)8;/h2*2-13H2,1H3,(H,15,16);5-6H,1-4,7-8H2;/q;;;+2/p-2/t;;5-,6-;/m..1./s1. The van der Waals surface area contributed by atoms with Crippen LogP contribution >= 0.6 is 0 Å². The minimum Gasteiger partial charge on any atom is -0.550 e. The summed E-state index contributed by atoms with van der Waals surface area (Å²) in [5.41, 5.74) is 11.3. The average Bonchev–Trinajstić information content (AvgIpc) is 2.92. The minimum atomic E-state index is -0.907. The van der Waals surface area contributed by atoms with Crippen LogP contribution in [-0.4, -0.2) is 24.0 Å². The van der Waals surface area contributed by atoms with Crippen LogP contribution in [0.1, 0.15) is 194 Å². The summed E-state index contributed by atoms with van der Waals surface area (Å²) >= 11 is 0. The van der Waals surface area contributed by atoms with Crippen LogP contribution in [0.25, 0.3) is 0 Å². The molecule has 0 bridgehead atoms. The summed E-state index contributed by atoms with van der Waals surface area (Å²) in [6, 6.07) is 0.562. The maximum Gasteiger partial charge on any atom is 2.00 e. The van der Waals surface area contributed by atoms with Gasteiger partial charge in [0.15, 0.2) is 0 Å². The number of rotatable bonds is 24. The van der Waals surface area contributed by atoms with E-state index in [0.717, 1.165) is 38.5 Å². The second-order valence-electron chi connectivity index (χ2n) is 11.9. The number of carboxylic acids is 2. The van der Waals surface area contributed by atoms with E-state index < -0.39 is 11.9 Å². The molecule has 1 rings (SSSR count). The van der Waals surface area contributed by atoms with Gasteiger partial charge in [0.2, 0.25) is 0 Å². The van der Waals surface area contributed by atoms with Crippen molar-refractivity contribution in [2.24, 2.45) is 11.5 Å². The van der Waals surface area contributed by atoms with E-state index in [4.69, 9.17) is 11.5 Å². The Balaban J connectivity index is -0.000000548. The van der Waals surface area contributed by atoms with E-state index in [1.54, 1.807) is 0 Å². The minimum absolute atomic E-state index is 0. The maximum absolute atomic E-state index is 10.1. The fourth-order valence-electron chi connectivity index (χ4n) is 5.06. The van der Waals surface area contributed by atoms with Crippen molar-refractivity contribution in [1.29, 1.82) is 0 Å². The maximum atomic E-state index is 10.1. The summed E-state index contributed by atoms with van der Waals surface area (Å²) in [5, 5.41) is 20.3. The third-order valence-electron chi connectivity index (χ3n) is 7.84. The SMILES string of the molecule is CCCCCCCCCCCCCC(=O)[O-].CCCCCCCCCCCCCC(=O)[O-].N[C@@H]1CCCC[C@H]1N.[Pt+2]. The van der Waals surface area contributed by atoms with Crippen molar-refractivity contribution in [1.82, 2.24) is 0 Å². The molecule has 0 radical (unpaired) electrons. The van der Waals surface area contributed by atoms with Gasteiger partial charge in [0.1, 0.15) is 0 Å². The molecule has 4 N–H and O–H groups in total. The molecule has 0 saturated heterocycles. The number of aliphatic carboxylic acids is 2. The third-order valence-corrected chi connectivity index (χ3v) is 7.84. The first kappa shape index (κ1) is 45.0. The van der Waals surface area contributed by atoms with Gasteiger partial charge in [0.25, 0.3) is 0 Å². The molecule has 0 heterocycles. The summed E-state index contributed by atoms with van der Waals surface area (Å²) in [7, 11) is 0. The molecule has 0 aromatic heterocycles. The second-order valence-corrected chi connectivity index (χ2v) is 11.9. The molecule has 0 amide bonds. The molecular weight excluding hydrogens is 695 g/mol. The predicted molar refractivity (Wildman–Crippen MR) is 167 cm³/mol. The zero-order valence-corrected chi connectivity index (χ0v) is 29.3. The van der Waals surface area contributed by atoms with Crippen molar-refractivity contribution in [2.45, 2.75) is 206 Å². The molecule has 1 fully saturated rings. The first-order valence-electron chi connectivity index (χ1n) is 17.3. The normalized spacial score (nSPS) is 16.0. The fourth-order valence-corrected chi connectivity index (χ4v) is 5.06. The smallest absolute Gasteiger partial charge is 0.550 e. The van der Waals surface area contributed by atoms with E-state index in [1.165, 1.54) is 128 Å². The van der Waals surface area contributed by atoms with Gasteiger partial charge < -0.3 is 31.3 Å². The monoisotopic (exact) mass is 763 g/mol. The van der Waals surface area contributed by atoms with Crippen LogP contribution < -0.4 is 21.7 Å². The molecule has 1 aliphatic rings. The zero-order valence-electron chi connectivity index (χ0n) is 27.1. The largest absolute Gasteiger partial charge is 2.00 e. The Bertz CT molecular complexity index is 491. The number of carbonyl (C=O) groups excluding carboxylic acids is 2. The van der Waals surface area contributed by atoms with E-state index >= 15 is 0 Å². The number of nitrogens with two attached hydrogens (primary N) is 2. The molecule has 41 heavy (non-hydrogen) atoms. The summed E-state index contributed by atoms with van der Waals surface area (Å²) in [5.74, 6) is -1.81.